The summed E-state index contributed by atoms with van der Waals surface area (Å²) in [5, 5.41) is 11.5. The Labute approximate surface area is 143 Å². The molecule has 2 heterocycles. The fraction of sp³-hybridized carbons (Fsp3) is 0.333. The lowest BCUT2D eigenvalue weighted by atomic mass is 10.2. The van der Waals surface area contributed by atoms with Crippen LogP contribution < -0.4 is 4.90 Å². The molecule has 0 N–H and O–H groups in total. The third kappa shape index (κ3) is 2.92. The topological polar surface area (TPSA) is 84.5 Å². The first kappa shape index (κ1) is 16.3. The van der Waals surface area contributed by atoms with E-state index in [0.29, 0.717) is 42.6 Å². The zero-order valence-electron chi connectivity index (χ0n) is 13.1. The number of hydrogen-bond donors (Lipinski definition) is 0. The number of rotatable bonds is 3. The van der Waals surface area contributed by atoms with Crippen LogP contribution in [0.15, 0.2) is 30.6 Å². The summed E-state index contributed by atoms with van der Waals surface area (Å²) in [4.78, 5) is 30.6. The molecule has 2 aromatic rings. The van der Waals surface area contributed by atoms with Gasteiger partial charge in [0.2, 0.25) is 12.1 Å². The molecule has 1 aromatic carbocycles. The van der Waals surface area contributed by atoms with Crippen LogP contribution in [0.2, 0.25) is 5.02 Å². The maximum atomic E-state index is 12.6. The zero-order valence-corrected chi connectivity index (χ0v) is 13.8. The second-order valence-electron chi connectivity index (χ2n) is 5.52. The summed E-state index contributed by atoms with van der Waals surface area (Å²) in [6, 6.07) is 6.93. The van der Waals surface area contributed by atoms with Gasteiger partial charge in [-0.05, 0) is 22.0 Å². The number of aryl methyl sites for hydroxylation is 1. The molecule has 24 heavy (non-hydrogen) atoms. The Balaban J connectivity index is 1.73. The van der Waals surface area contributed by atoms with Crippen molar-refractivity contribution in [1.29, 1.82) is 0 Å². The van der Waals surface area contributed by atoms with Gasteiger partial charge in [-0.2, -0.15) is 0 Å². The molecule has 1 aromatic heterocycles. The van der Waals surface area contributed by atoms with Crippen molar-refractivity contribution in [3.8, 4) is 0 Å². The Morgan fingerprint density at radius 2 is 1.92 bits per heavy atom. The summed E-state index contributed by atoms with van der Waals surface area (Å²) in [6.07, 6.45) is 1.43. The Morgan fingerprint density at radius 3 is 2.54 bits per heavy atom. The number of nitrogens with zero attached hydrogens (tertiary/aromatic N) is 5. The van der Waals surface area contributed by atoms with Crippen LogP contribution in [-0.4, -0.2) is 51.5 Å². The number of amides is 1. The molecule has 0 aliphatic carbocycles. The number of halogens is 1. The maximum Gasteiger partial charge on any atom is 0.406 e. The summed E-state index contributed by atoms with van der Waals surface area (Å²) in [5.74, 6) is 0.174. The van der Waals surface area contributed by atoms with Crippen molar-refractivity contribution in [2.75, 3.05) is 31.1 Å². The molecule has 1 fully saturated rings. The molecule has 1 saturated heterocycles. The molecule has 0 bridgehead atoms. The maximum absolute atomic E-state index is 12.6. The number of imidazole rings is 1. The number of aromatic nitrogens is 2. The second-order valence-corrected chi connectivity index (χ2v) is 5.93. The van der Waals surface area contributed by atoms with Crippen molar-refractivity contribution in [3.05, 3.63) is 51.3 Å². The van der Waals surface area contributed by atoms with Gasteiger partial charge in [-0.25, -0.2) is 0 Å². The molecule has 1 aliphatic heterocycles. The van der Waals surface area contributed by atoms with E-state index in [1.807, 2.05) is 4.90 Å². The quantitative estimate of drug-likeness (QED) is 0.624. The summed E-state index contributed by atoms with van der Waals surface area (Å²) in [6.45, 7) is 1.92. The SMILES string of the molecule is Cn1cnc([N+](=O)[O-])c1N1CCN(C(=O)c2ccccc2Cl)CC1. The van der Waals surface area contributed by atoms with Gasteiger partial charge in [-0.3, -0.25) is 9.36 Å². The van der Waals surface area contributed by atoms with E-state index < -0.39 is 4.92 Å². The van der Waals surface area contributed by atoms with Crippen molar-refractivity contribution in [1.82, 2.24) is 14.5 Å². The molecule has 126 valence electrons. The Hall–Kier alpha value is -2.61. The number of nitro groups is 1. The van der Waals surface area contributed by atoms with Crippen LogP contribution in [0.4, 0.5) is 11.6 Å². The van der Waals surface area contributed by atoms with Gasteiger partial charge in [0, 0.05) is 33.2 Å². The van der Waals surface area contributed by atoms with Gasteiger partial charge in [-0.15, -0.1) is 0 Å². The van der Waals surface area contributed by atoms with E-state index in [1.54, 1.807) is 40.8 Å². The van der Waals surface area contributed by atoms with Crippen LogP contribution in [0.1, 0.15) is 10.4 Å². The minimum absolute atomic E-state index is 0.125. The zero-order chi connectivity index (χ0) is 17.3. The van der Waals surface area contributed by atoms with E-state index in [2.05, 4.69) is 4.98 Å². The monoisotopic (exact) mass is 349 g/mol. The lowest BCUT2D eigenvalue weighted by Gasteiger charge is -2.35. The Bertz CT molecular complexity index is 783. The number of hydrogen-bond acceptors (Lipinski definition) is 5. The highest BCUT2D eigenvalue weighted by molar-refractivity contribution is 6.33. The van der Waals surface area contributed by atoms with Crippen molar-refractivity contribution in [3.63, 3.8) is 0 Å². The van der Waals surface area contributed by atoms with Gasteiger partial charge in [0.05, 0.1) is 10.6 Å². The molecular formula is C15H16ClN5O3. The predicted molar refractivity (Wildman–Crippen MR) is 89.4 cm³/mol. The van der Waals surface area contributed by atoms with E-state index in [4.69, 9.17) is 11.6 Å². The molecule has 1 aliphatic rings. The minimum Gasteiger partial charge on any atom is -0.358 e. The van der Waals surface area contributed by atoms with Crippen molar-refractivity contribution in [2.45, 2.75) is 0 Å². The van der Waals surface area contributed by atoms with Gasteiger partial charge in [0.15, 0.2) is 0 Å². The lowest BCUT2D eigenvalue weighted by molar-refractivity contribution is -0.388. The van der Waals surface area contributed by atoms with Gasteiger partial charge < -0.3 is 19.9 Å². The summed E-state index contributed by atoms with van der Waals surface area (Å²) < 4.78 is 1.63. The molecule has 0 atom stereocenters. The fourth-order valence-corrected chi connectivity index (χ4v) is 3.05. The third-order valence-electron chi connectivity index (χ3n) is 4.03. The summed E-state index contributed by atoms with van der Waals surface area (Å²) >= 11 is 6.08. The Morgan fingerprint density at radius 1 is 1.25 bits per heavy atom. The smallest absolute Gasteiger partial charge is 0.358 e. The largest absolute Gasteiger partial charge is 0.406 e. The lowest BCUT2D eigenvalue weighted by Crippen LogP contribution is -2.49. The molecule has 1 amide bonds. The van der Waals surface area contributed by atoms with Gasteiger partial charge in [-0.1, -0.05) is 23.7 Å². The highest BCUT2D eigenvalue weighted by atomic mass is 35.5. The van der Waals surface area contributed by atoms with Crippen LogP contribution in [0.25, 0.3) is 0 Å². The first-order chi connectivity index (χ1) is 11.5. The van der Waals surface area contributed by atoms with Crippen molar-refractivity contribution >= 4 is 29.1 Å². The predicted octanol–water partition coefficient (Wildman–Crippen LogP) is 1.94. The van der Waals surface area contributed by atoms with Crippen LogP contribution in [0, 0.1) is 10.1 Å². The van der Waals surface area contributed by atoms with Crippen molar-refractivity contribution in [2.24, 2.45) is 7.05 Å². The van der Waals surface area contributed by atoms with Crippen LogP contribution in [-0.2, 0) is 7.05 Å². The van der Waals surface area contributed by atoms with Crippen LogP contribution in [0.5, 0.6) is 0 Å². The van der Waals surface area contributed by atoms with Gasteiger partial charge >= 0.3 is 5.82 Å². The molecular weight excluding hydrogens is 334 g/mol. The standard InChI is InChI=1S/C15H16ClN5O3/c1-18-10-17-13(21(23)24)14(18)19-6-8-20(9-7-19)15(22)11-4-2-3-5-12(11)16/h2-5,10H,6-9H2,1H3. The normalized spacial score (nSPS) is 14.8. The van der Waals surface area contributed by atoms with Gasteiger partial charge in [0.25, 0.3) is 5.91 Å². The number of piperazine rings is 1. The van der Waals surface area contributed by atoms with E-state index in [1.165, 1.54) is 6.33 Å². The van der Waals surface area contributed by atoms with Crippen LogP contribution >= 0.6 is 11.6 Å². The molecule has 0 radical (unpaired) electrons. The molecule has 0 saturated carbocycles. The first-order valence-corrected chi connectivity index (χ1v) is 7.81. The average molecular weight is 350 g/mol. The molecule has 0 unspecified atom stereocenters. The van der Waals surface area contributed by atoms with Gasteiger partial charge in [0.1, 0.15) is 0 Å². The summed E-state index contributed by atoms with van der Waals surface area (Å²) in [7, 11) is 1.72. The molecule has 3 rings (SSSR count). The van der Waals surface area contributed by atoms with E-state index >= 15 is 0 Å². The van der Waals surface area contributed by atoms with E-state index in [0.717, 1.165) is 0 Å². The molecule has 0 spiro atoms. The van der Waals surface area contributed by atoms with Crippen LogP contribution in [0.3, 0.4) is 0 Å². The molecule has 9 heteroatoms. The average Bonchev–Trinajstić information content (AvgIpc) is 2.97. The second kappa shape index (κ2) is 6.48. The Kier molecular flexibility index (Phi) is 4.39. The van der Waals surface area contributed by atoms with E-state index in [9.17, 15) is 14.9 Å². The first-order valence-electron chi connectivity index (χ1n) is 7.43. The number of carbonyl (C=O) groups is 1. The number of benzene rings is 1. The van der Waals surface area contributed by atoms with E-state index in [-0.39, 0.29) is 11.7 Å². The van der Waals surface area contributed by atoms with Crippen molar-refractivity contribution < 1.29 is 9.72 Å². The number of carbonyl (C=O) groups excluding carboxylic acids is 1. The molecule has 8 nitrogen and oxygen atoms in total. The minimum atomic E-state index is -0.489. The highest BCUT2D eigenvalue weighted by Crippen LogP contribution is 2.27. The highest BCUT2D eigenvalue weighted by Gasteiger charge is 2.30. The summed E-state index contributed by atoms with van der Waals surface area (Å²) in [5.41, 5.74) is 0.471. The number of anilines is 1. The fourth-order valence-electron chi connectivity index (χ4n) is 2.83. The third-order valence-corrected chi connectivity index (χ3v) is 4.36.